The minimum atomic E-state index is -0.617. The Balaban J connectivity index is 1.39. The predicted octanol–water partition coefficient (Wildman–Crippen LogP) is 2.44. The van der Waals surface area contributed by atoms with E-state index in [1.807, 2.05) is 0 Å². The first kappa shape index (κ1) is 22.5. The van der Waals surface area contributed by atoms with Crippen LogP contribution in [0.4, 0.5) is 11.6 Å². The van der Waals surface area contributed by atoms with Gasteiger partial charge in [0.05, 0.1) is 57.9 Å². The fraction of sp³-hybridized carbons (Fsp3) is 0.316. The summed E-state index contributed by atoms with van der Waals surface area (Å²) in [6.07, 6.45) is 5.59. The van der Waals surface area contributed by atoms with Crippen LogP contribution in [0, 0.1) is 20.2 Å². The van der Waals surface area contributed by atoms with Crippen molar-refractivity contribution in [3.8, 4) is 0 Å². The summed E-state index contributed by atoms with van der Waals surface area (Å²) >= 11 is 0. The van der Waals surface area contributed by atoms with Gasteiger partial charge in [-0.1, -0.05) is 0 Å². The van der Waals surface area contributed by atoms with Crippen LogP contribution in [0.2, 0.25) is 0 Å². The van der Waals surface area contributed by atoms with E-state index in [9.17, 15) is 25.0 Å². The van der Waals surface area contributed by atoms with E-state index in [-0.39, 0.29) is 42.3 Å². The molecule has 4 heterocycles. The smallest absolute Gasteiger partial charge is 0.389 e. The van der Waals surface area contributed by atoms with Gasteiger partial charge in [-0.3, -0.25) is 4.79 Å². The third-order valence-corrected chi connectivity index (χ3v) is 5.10. The Morgan fingerprint density at radius 1 is 0.882 bits per heavy atom. The first-order chi connectivity index (χ1) is 16.2. The Kier molecular flexibility index (Phi) is 5.99. The van der Waals surface area contributed by atoms with Crippen molar-refractivity contribution in [2.45, 2.75) is 38.8 Å². The lowest BCUT2D eigenvalue weighted by Gasteiger charge is -2.11. The molecule has 0 saturated heterocycles. The van der Waals surface area contributed by atoms with Gasteiger partial charge in [-0.2, -0.15) is 9.36 Å². The van der Waals surface area contributed by atoms with Gasteiger partial charge in [-0.05, 0) is 23.7 Å². The van der Waals surface area contributed by atoms with Crippen LogP contribution >= 0.6 is 0 Å². The molecule has 0 aromatic carbocycles. The molecular weight excluding hydrogens is 452 g/mol. The van der Waals surface area contributed by atoms with Crippen LogP contribution in [0.5, 0.6) is 0 Å². The lowest BCUT2D eigenvalue weighted by atomic mass is 9.91. The van der Waals surface area contributed by atoms with Crippen molar-refractivity contribution < 1.29 is 23.5 Å². The molecule has 0 aliphatic rings. The summed E-state index contributed by atoms with van der Waals surface area (Å²) in [4.78, 5) is 41.9. The van der Waals surface area contributed by atoms with E-state index >= 15 is 0 Å². The molecule has 34 heavy (non-hydrogen) atoms. The summed E-state index contributed by atoms with van der Waals surface area (Å²) < 4.78 is 13.4. The van der Waals surface area contributed by atoms with Crippen molar-refractivity contribution in [2.75, 3.05) is 0 Å². The fourth-order valence-corrected chi connectivity index (χ4v) is 3.21. The van der Waals surface area contributed by atoms with Crippen molar-refractivity contribution in [3.63, 3.8) is 0 Å². The average molecular weight is 470 g/mol. The normalized spacial score (nSPS) is 13.0. The Bertz CT molecular complexity index is 1250. The molecule has 4 aromatic rings. The van der Waals surface area contributed by atoms with Crippen molar-refractivity contribution in [1.29, 1.82) is 0 Å². The number of hydrogen-bond donors (Lipinski definition) is 0. The Morgan fingerprint density at radius 2 is 1.29 bits per heavy atom. The van der Waals surface area contributed by atoms with E-state index in [0.29, 0.717) is 11.4 Å². The van der Waals surface area contributed by atoms with Gasteiger partial charge in [0.15, 0.2) is 5.78 Å². The summed E-state index contributed by atoms with van der Waals surface area (Å²) in [6.45, 7) is 3.51. The summed E-state index contributed by atoms with van der Waals surface area (Å²) in [5.41, 5.74) is 0.808. The van der Waals surface area contributed by atoms with Crippen LogP contribution in [0.1, 0.15) is 48.9 Å². The van der Waals surface area contributed by atoms with E-state index in [0.717, 1.165) is 0 Å². The van der Waals surface area contributed by atoms with Crippen LogP contribution in [-0.2, 0) is 17.9 Å². The molecule has 0 amide bonds. The highest BCUT2D eigenvalue weighted by Crippen LogP contribution is 2.26. The number of carbonyl (C=O) groups excluding carboxylic acids is 1. The van der Waals surface area contributed by atoms with Crippen LogP contribution in [0.3, 0.4) is 0 Å². The average Bonchev–Trinajstić information content (AvgIpc) is 3.59. The first-order valence-corrected chi connectivity index (χ1v) is 9.99. The van der Waals surface area contributed by atoms with E-state index < -0.39 is 21.7 Å². The van der Waals surface area contributed by atoms with Crippen LogP contribution in [0.25, 0.3) is 0 Å². The van der Waals surface area contributed by atoms with E-state index in [2.05, 4.69) is 20.2 Å². The Labute approximate surface area is 190 Å². The van der Waals surface area contributed by atoms with Crippen LogP contribution in [-0.4, -0.2) is 45.2 Å². The molecular formula is C19H18N8O7. The molecule has 4 rings (SSSR count). The zero-order chi connectivity index (χ0) is 24.4. The van der Waals surface area contributed by atoms with Crippen molar-refractivity contribution in [1.82, 2.24) is 29.5 Å². The number of hydrogen-bond acceptors (Lipinski definition) is 11. The second-order valence-corrected chi connectivity index (χ2v) is 7.44. The highest BCUT2D eigenvalue weighted by Gasteiger charge is 2.28. The highest BCUT2D eigenvalue weighted by molar-refractivity contribution is 5.90. The topological polar surface area (TPSA) is 191 Å². The minimum absolute atomic E-state index is 0.0720. The standard InChI is InChI=1S/C19H18N8O7/c1-11(13-9-33-17(20-13)7-24-5-3-15(22-24)26(29)30)19(28)12(2)14-10-34-18(21-14)8-25-6-4-16(23-25)27(31)32/h3-6,9-12H,7-8H2,1-2H3. The maximum absolute atomic E-state index is 13.0. The van der Waals surface area contributed by atoms with Gasteiger partial charge in [-0.25, -0.2) is 9.97 Å². The van der Waals surface area contributed by atoms with Gasteiger partial charge >= 0.3 is 11.6 Å². The summed E-state index contributed by atoms with van der Waals surface area (Å²) in [7, 11) is 0. The van der Waals surface area contributed by atoms with Gasteiger partial charge in [0, 0.05) is 0 Å². The molecule has 0 saturated carbocycles. The zero-order valence-corrected chi connectivity index (χ0v) is 18.0. The number of nitrogens with zero attached hydrogens (tertiary/aromatic N) is 8. The lowest BCUT2D eigenvalue weighted by molar-refractivity contribution is -0.390. The molecule has 176 valence electrons. The molecule has 15 heteroatoms. The molecule has 0 fully saturated rings. The molecule has 2 atom stereocenters. The molecule has 4 aromatic heterocycles. The van der Waals surface area contributed by atoms with E-state index in [1.165, 1.54) is 46.4 Å². The Morgan fingerprint density at radius 3 is 1.65 bits per heavy atom. The highest BCUT2D eigenvalue weighted by atomic mass is 16.6. The predicted molar refractivity (Wildman–Crippen MR) is 111 cm³/mol. The van der Waals surface area contributed by atoms with Crippen LogP contribution in [0.15, 0.2) is 45.9 Å². The number of oxazole rings is 2. The van der Waals surface area contributed by atoms with E-state index in [4.69, 9.17) is 8.83 Å². The SMILES string of the molecule is CC(C(=O)C(C)c1coc(Cn2ccc([N+](=O)[O-])n2)n1)c1coc(Cn2ccc([N+](=O)[O-])n2)n1. The molecule has 0 bridgehead atoms. The number of nitro groups is 2. The van der Waals surface area contributed by atoms with Gasteiger partial charge in [-0.15, -0.1) is 0 Å². The van der Waals surface area contributed by atoms with Crippen molar-refractivity contribution in [3.05, 3.63) is 80.5 Å². The molecule has 0 aliphatic heterocycles. The summed E-state index contributed by atoms with van der Waals surface area (Å²) in [5.74, 6) is -1.50. The van der Waals surface area contributed by atoms with Gasteiger partial charge in [0.25, 0.3) is 0 Å². The first-order valence-electron chi connectivity index (χ1n) is 9.99. The minimum Gasteiger partial charge on any atom is -0.447 e. The quantitative estimate of drug-likeness (QED) is 0.244. The maximum Gasteiger partial charge on any atom is 0.389 e. The number of aromatic nitrogens is 6. The number of rotatable bonds is 10. The van der Waals surface area contributed by atoms with Gasteiger partial charge in [0.1, 0.15) is 25.6 Å². The monoisotopic (exact) mass is 470 g/mol. The molecule has 0 aliphatic carbocycles. The summed E-state index contributed by atoms with van der Waals surface area (Å²) in [5, 5.41) is 29.1. The number of carbonyl (C=O) groups is 1. The fourth-order valence-electron chi connectivity index (χ4n) is 3.21. The maximum atomic E-state index is 13.0. The molecule has 0 N–H and O–H groups in total. The second-order valence-electron chi connectivity index (χ2n) is 7.44. The Hall–Kier alpha value is -4.69. The van der Waals surface area contributed by atoms with Crippen molar-refractivity contribution in [2.24, 2.45) is 0 Å². The van der Waals surface area contributed by atoms with Gasteiger partial charge in [0.2, 0.25) is 11.8 Å². The third kappa shape index (κ3) is 4.72. The third-order valence-electron chi connectivity index (χ3n) is 5.10. The van der Waals surface area contributed by atoms with Crippen molar-refractivity contribution >= 4 is 17.4 Å². The second kappa shape index (κ2) is 9.05. The zero-order valence-electron chi connectivity index (χ0n) is 18.0. The van der Waals surface area contributed by atoms with E-state index in [1.54, 1.807) is 13.8 Å². The van der Waals surface area contributed by atoms with Crippen LogP contribution < -0.4 is 0 Å². The summed E-state index contributed by atoms with van der Waals surface area (Å²) in [6, 6.07) is 2.52. The number of ketones is 1. The molecule has 0 spiro atoms. The largest absolute Gasteiger partial charge is 0.447 e. The van der Waals surface area contributed by atoms with Gasteiger partial charge < -0.3 is 29.1 Å². The molecule has 15 nitrogen and oxygen atoms in total. The molecule has 0 radical (unpaired) electrons. The lowest BCUT2D eigenvalue weighted by Crippen LogP contribution is -2.17. The number of Topliss-reactive ketones (excluding diaryl/α,β-unsaturated/α-hetero) is 1. The molecule has 2 unspecified atom stereocenters.